The zero-order valence-corrected chi connectivity index (χ0v) is 7.29. The lowest BCUT2D eigenvalue weighted by Crippen LogP contribution is -1.93. The fourth-order valence-electron chi connectivity index (χ4n) is 0.720. The molecule has 0 heterocycles. The highest BCUT2D eigenvalue weighted by Gasteiger charge is 2.06. The van der Waals surface area contributed by atoms with E-state index in [2.05, 4.69) is 4.84 Å². The molecule has 0 radical (unpaired) electrons. The first-order chi connectivity index (χ1) is 5.65. The molecule has 0 spiro atoms. The molecule has 0 saturated heterocycles. The van der Waals surface area contributed by atoms with Crippen molar-refractivity contribution in [1.82, 2.24) is 0 Å². The highest BCUT2D eigenvalue weighted by molar-refractivity contribution is 6.67. The second-order valence-corrected chi connectivity index (χ2v) is 2.60. The predicted octanol–water partition coefficient (Wildman–Crippen LogP) is 2.77. The Balaban J connectivity index is 3.13. The molecule has 0 aliphatic carbocycles. The molecule has 1 N–H and O–H groups in total. The van der Waals surface area contributed by atoms with E-state index in [4.69, 9.17) is 23.4 Å². The van der Waals surface area contributed by atoms with Crippen LogP contribution in [0, 0.1) is 5.82 Å². The molecular weight excluding hydrogens is 204 g/mol. The topological polar surface area (TPSA) is 29.1 Å². The van der Waals surface area contributed by atoms with E-state index in [1.54, 1.807) is 0 Å². The molecule has 0 aromatic heterocycles. The lowest BCUT2D eigenvalue weighted by Gasteiger charge is -2.00. The van der Waals surface area contributed by atoms with Crippen molar-refractivity contribution in [3.8, 4) is 0 Å². The van der Waals surface area contributed by atoms with E-state index in [0.29, 0.717) is 0 Å². The summed E-state index contributed by atoms with van der Waals surface area (Å²) in [6.07, 6.45) is 0. The largest absolute Gasteiger partial charge is 0.296 e. The number of carbonyl (C=O) groups is 1. The van der Waals surface area contributed by atoms with Crippen molar-refractivity contribution in [3.05, 3.63) is 29.6 Å². The molecule has 0 bridgehead atoms. The first kappa shape index (κ1) is 9.29. The normalized spacial score (nSPS) is 9.58. The summed E-state index contributed by atoms with van der Waals surface area (Å²) in [6.45, 7) is 0. The highest BCUT2D eigenvalue weighted by atomic mass is 35.5. The van der Waals surface area contributed by atoms with Crippen LogP contribution in [0.15, 0.2) is 18.2 Å². The average molecular weight is 208 g/mol. The molecule has 1 aromatic rings. The molecule has 0 aliphatic heterocycles. The molecular formula is C7H4Cl2FNO. The van der Waals surface area contributed by atoms with Crippen LogP contribution < -0.4 is 4.84 Å². The molecule has 0 atom stereocenters. The minimum absolute atomic E-state index is 0.0307. The van der Waals surface area contributed by atoms with Crippen LogP contribution in [0.4, 0.5) is 10.1 Å². The van der Waals surface area contributed by atoms with E-state index < -0.39 is 11.1 Å². The molecule has 0 unspecified atom stereocenters. The van der Waals surface area contributed by atoms with Crippen molar-refractivity contribution in [3.63, 3.8) is 0 Å². The van der Waals surface area contributed by atoms with Crippen LogP contribution in [0.2, 0.25) is 0 Å². The maximum atomic E-state index is 12.7. The van der Waals surface area contributed by atoms with E-state index in [0.717, 1.165) is 6.07 Å². The van der Waals surface area contributed by atoms with Crippen molar-refractivity contribution in [2.45, 2.75) is 0 Å². The summed E-state index contributed by atoms with van der Waals surface area (Å²) in [5.74, 6) is -0.535. The second kappa shape index (κ2) is 3.74. The lowest BCUT2D eigenvalue weighted by molar-refractivity contribution is 0.108. The first-order valence-corrected chi connectivity index (χ1v) is 3.77. The summed E-state index contributed by atoms with van der Waals surface area (Å²) in [5.41, 5.74) is 0.226. The summed E-state index contributed by atoms with van der Waals surface area (Å²) in [6, 6.07) is 3.63. The minimum Gasteiger partial charge on any atom is -0.296 e. The van der Waals surface area contributed by atoms with Crippen LogP contribution in [-0.4, -0.2) is 5.24 Å². The number of benzene rings is 1. The van der Waals surface area contributed by atoms with E-state index >= 15 is 0 Å². The van der Waals surface area contributed by atoms with Gasteiger partial charge in [-0.2, -0.15) is 0 Å². The molecule has 2 nitrogen and oxygen atoms in total. The SMILES string of the molecule is O=C(Cl)c1ccc(F)c(NCl)c1. The van der Waals surface area contributed by atoms with Gasteiger partial charge in [0.05, 0.1) is 5.69 Å². The maximum absolute atomic E-state index is 12.7. The molecule has 5 heteroatoms. The lowest BCUT2D eigenvalue weighted by atomic mass is 10.2. The molecule has 12 heavy (non-hydrogen) atoms. The summed E-state index contributed by atoms with van der Waals surface area (Å²) in [7, 11) is 0. The Labute approximate surface area is 78.4 Å². The zero-order chi connectivity index (χ0) is 9.14. The number of hydrogen-bond donors (Lipinski definition) is 1. The Morgan fingerprint density at radius 3 is 2.67 bits per heavy atom. The van der Waals surface area contributed by atoms with Gasteiger partial charge in [0, 0.05) is 17.3 Å². The van der Waals surface area contributed by atoms with Gasteiger partial charge in [-0.25, -0.2) is 4.39 Å². The van der Waals surface area contributed by atoms with Crippen molar-refractivity contribution >= 4 is 34.3 Å². The average Bonchev–Trinajstić information content (AvgIpc) is 2.05. The van der Waals surface area contributed by atoms with Gasteiger partial charge in [-0.3, -0.25) is 9.63 Å². The van der Waals surface area contributed by atoms with E-state index in [1.165, 1.54) is 12.1 Å². The third kappa shape index (κ3) is 1.87. The van der Waals surface area contributed by atoms with Crippen molar-refractivity contribution in [2.24, 2.45) is 0 Å². The number of halogens is 3. The van der Waals surface area contributed by atoms with Gasteiger partial charge < -0.3 is 0 Å². The number of hydrogen-bond acceptors (Lipinski definition) is 2. The summed E-state index contributed by atoms with van der Waals surface area (Å²) < 4.78 is 12.7. The van der Waals surface area contributed by atoms with Gasteiger partial charge in [-0.15, -0.1) is 0 Å². The second-order valence-electron chi connectivity index (χ2n) is 2.06. The Morgan fingerprint density at radius 1 is 1.50 bits per heavy atom. The van der Waals surface area contributed by atoms with Crippen LogP contribution >= 0.6 is 23.4 Å². The third-order valence-electron chi connectivity index (χ3n) is 1.30. The Kier molecular flexibility index (Phi) is 2.89. The molecule has 1 rings (SSSR count). The molecule has 0 fully saturated rings. The van der Waals surface area contributed by atoms with Crippen molar-refractivity contribution in [2.75, 3.05) is 4.84 Å². The standard InChI is InChI=1S/C7H4Cl2FNO/c8-7(12)4-1-2-5(10)6(3-4)11-9/h1-3,11H. The van der Waals surface area contributed by atoms with Crippen molar-refractivity contribution < 1.29 is 9.18 Å². The van der Waals surface area contributed by atoms with Gasteiger partial charge in [0.25, 0.3) is 5.24 Å². The number of rotatable bonds is 2. The number of carbonyl (C=O) groups excluding carboxylic acids is 1. The first-order valence-electron chi connectivity index (χ1n) is 3.01. The van der Waals surface area contributed by atoms with Gasteiger partial charge in [-0.1, -0.05) is 0 Å². The Morgan fingerprint density at radius 2 is 2.17 bits per heavy atom. The quantitative estimate of drug-likeness (QED) is 0.597. The zero-order valence-electron chi connectivity index (χ0n) is 5.77. The fourth-order valence-corrected chi connectivity index (χ4v) is 0.982. The van der Waals surface area contributed by atoms with Crippen molar-refractivity contribution in [1.29, 1.82) is 0 Å². The highest BCUT2D eigenvalue weighted by Crippen LogP contribution is 2.17. The van der Waals surface area contributed by atoms with Gasteiger partial charge in [0.1, 0.15) is 5.82 Å². The number of nitrogens with one attached hydrogen (secondary N) is 1. The van der Waals surface area contributed by atoms with Crippen LogP contribution in [0.5, 0.6) is 0 Å². The van der Waals surface area contributed by atoms with E-state index in [-0.39, 0.29) is 11.3 Å². The molecule has 64 valence electrons. The minimum atomic E-state index is -0.650. The van der Waals surface area contributed by atoms with E-state index in [1.807, 2.05) is 0 Å². The molecule has 0 saturated carbocycles. The van der Waals surface area contributed by atoms with Crippen LogP contribution in [0.1, 0.15) is 10.4 Å². The van der Waals surface area contributed by atoms with Crippen LogP contribution in [0.3, 0.4) is 0 Å². The maximum Gasteiger partial charge on any atom is 0.252 e. The van der Waals surface area contributed by atoms with Gasteiger partial charge >= 0.3 is 0 Å². The Bertz CT molecular complexity index is 316. The predicted molar refractivity (Wildman–Crippen MR) is 46.1 cm³/mol. The van der Waals surface area contributed by atoms with Gasteiger partial charge in [-0.05, 0) is 29.8 Å². The summed E-state index contributed by atoms with van der Waals surface area (Å²) in [5, 5.41) is -0.650. The Hall–Kier alpha value is -0.800. The van der Waals surface area contributed by atoms with Crippen LogP contribution in [0.25, 0.3) is 0 Å². The fraction of sp³-hybridized carbons (Fsp3) is 0. The van der Waals surface area contributed by atoms with Gasteiger partial charge in [0.2, 0.25) is 0 Å². The van der Waals surface area contributed by atoms with Crippen LogP contribution in [-0.2, 0) is 0 Å². The molecule has 0 amide bonds. The smallest absolute Gasteiger partial charge is 0.252 e. The number of anilines is 1. The summed E-state index contributed by atoms with van der Waals surface area (Å²) >= 11 is 10.3. The van der Waals surface area contributed by atoms with E-state index in [9.17, 15) is 9.18 Å². The summed E-state index contributed by atoms with van der Waals surface area (Å²) in [4.78, 5) is 12.7. The van der Waals surface area contributed by atoms with Gasteiger partial charge in [0.15, 0.2) is 0 Å². The molecule has 0 aliphatic rings. The third-order valence-corrected chi connectivity index (χ3v) is 1.72. The monoisotopic (exact) mass is 207 g/mol. The molecule has 1 aromatic carbocycles.